The molecule has 0 atom stereocenters. The molecule has 3 aromatic rings. The second-order valence-corrected chi connectivity index (χ2v) is 5.97. The molecule has 0 saturated carbocycles. The Balaban J connectivity index is 1.83. The molecule has 1 aromatic heterocycles. The Hall–Kier alpha value is -2.21. The lowest BCUT2D eigenvalue weighted by atomic mass is 10.1. The van der Waals surface area contributed by atoms with Crippen LogP contribution in [-0.4, -0.2) is 5.91 Å². The van der Waals surface area contributed by atoms with E-state index in [0.29, 0.717) is 26.6 Å². The molecule has 1 amide bonds. The lowest BCUT2D eigenvalue weighted by Crippen LogP contribution is -2.23. The molecule has 0 bridgehead atoms. The van der Waals surface area contributed by atoms with E-state index < -0.39 is 11.7 Å². The number of aryl methyl sites for hydroxylation is 1. The molecule has 0 saturated heterocycles. The number of carbonyl (C=O) groups is 1. The van der Waals surface area contributed by atoms with Crippen LogP contribution >= 0.6 is 15.9 Å². The van der Waals surface area contributed by atoms with Crippen LogP contribution in [0, 0.1) is 18.6 Å². The lowest BCUT2D eigenvalue weighted by molar-refractivity contribution is 0.0924. The number of hydrogen-bond donors (Lipinski definition) is 1. The van der Waals surface area contributed by atoms with Crippen LogP contribution in [0.2, 0.25) is 0 Å². The first-order valence-corrected chi connectivity index (χ1v) is 7.66. The van der Waals surface area contributed by atoms with Crippen LogP contribution < -0.4 is 5.32 Å². The Morgan fingerprint density at radius 1 is 1.17 bits per heavy atom. The molecule has 0 radical (unpaired) electrons. The fourth-order valence-electron chi connectivity index (χ4n) is 2.34. The fraction of sp³-hybridized carbons (Fsp3) is 0.118. The topological polar surface area (TPSA) is 42.2 Å². The zero-order chi connectivity index (χ0) is 16.6. The first-order chi connectivity index (χ1) is 11.0. The molecule has 3 nitrogen and oxygen atoms in total. The highest BCUT2D eigenvalue weighted by atomic mass is 79.9. The van der Waals surface area contributed by atoms with Gasteiger partial charge in [-0.15, -0.1) is 0 Å². The van der Waals surface area contributed by atoms with Crippen LogP contribution in [0.4, 0.5) is 8.78 Å². The molecule has 3 rings (SSSR count). The molecule has 0 aliphatic carbocycles. The number of amides is 1. The third-order valence-electron chi connectivity index (χ3n) is 3.55. The smallest absolute Gasteiger partial charge is 0.287 e. The van der Waals surface area contributed by atoms with Crippen LogP contribution in [0.3, 0.4) is 0 Å². The fourth-order valence-corrected chi connectivity index (χ4v) is 2.73. The van der Waals surface area contributed by atoms with Crippen molar-refractivity contribution >= 4 is 32.8 Å². The molecule has 1 N–H and O–H groups in total. The van der Waals surface area contributed by atoms with E-state index in [-0.39, 0.29) is 18.1 Å². The molecule has 118 valence electrons. The highest BCUT2D eigenvalue weighted by Gasteiger charge is 2.18. The lowest BCUT2D eigenvalue weighted by Gasteiger charge is -2.06. The van der Waals surface area contributed by atoms with Crippen LogP contribution in [0.1, 0.15) is 21.7 Å². The second kappa shape index (κ2) is 6.12. The zero-order valence-corrected chi connectivity index (χ0v) is 13.7. The Labute approximate surface area is 139 Å². The van der Waals surface area contributed by atoms with Gasteiger partial charge in [0.25, 0.3) is 5.91 Å². The van der Waals surface area contributed by atoms with E-state index in [4.69, 9.17) is 4.42 Å². The molecule has 6 heteroatoms. The Bertz CT molecular complexity index is 905. The zero-order valence-electron chi connectivity index (χ0n) is 12.1. The first kappa shape index (κ1) is 15.7. The summed E-state index contributed by atoms with van der Waals surface area (Å²) < 4.78 is 32.7. The summed E-state index contributed by atoms with van der Waals surface area (Å²) in [4.78, 5) is 12.3. The SMILES string of the molecule is Cc1c(C(=O)NCc2cc(F)ccc2Br)oc2ccc(F)cc12. The summed E-state index contributed by atoms with van der Waals surface area (Å²) in [6.07, 6.45) is 0. The third kappa shape index (κ3) is 3.12. The maximum absolute atomic E-state index is 13.3. The quantitative estimate of drug-likeness (QED) is 0.715. The van der Waals surface area contributed by atoms with Gasteiger partial charge in [-0.1, -0.05) is 15.9 Å². The van der Waals surface area contributed by atoms with Gasteiger partial charge < -0.3 is 9.73 Å². The van der Waals surface area contributed by atoms with Crippen LogP contribution in [0.5, 0.6) is 0 Å². The van der Waals surface area contributed by atoms with Gasteiger partial charge in [0.1, 0.15) is 17.2 Å². The molecule has 23 heavy (non-hydrogen) atoms. The number of halogens is 3. The summed E-state index contributed by atoms with van der Waals surface area (Å²) in [6.45, 7) is 1.83. The van der Waals surface area contributed by atoms with E-state index in [2.05, 4.69) is 21.2 Å². The summed E-state index contributed by atoms with van der Waals surface area (Å²) in [5.74, 6) is -1.08. The number of carbonyl (C=O) groups excluding carboxylic acids is 1. The van der Waals surface area contributed by atoms with Gasteiger partial charge in [-0.2, -0.15) is 0 Å². The molecular weight excluding hydrogens is 368 g/mol. The monoisotopic (exact) mass is 379 g/mol. The molecule has 0 aliphatic rings. The average Bonchev–Trinajstić information content (AvgIpc) is 2.85. The summed E-state index contributed by atoms with van der Waals surface area (Å²) >= 11 is 3.30. The summed E-state index contributed by atoms with van der Waals surface area (Å²) in [7, 11) is 0. The number of furan rings is 1. The highest BCUT2D eigenvalue weighted by Crippen LogP contribution is 2.26. The summed E-state index contributed by atoms with van der Waals surface area (Å²) in [6, 6.07) is 8.33. The minimum atomic E-state index is -0.435. The Kier molecular flexibility index (Phi) is 4.17. The van der Waals surface area contributed by atoms with Crippen molar-refractivity contribution in [1.82, 2.24) is 5.32 Å². The number of hydrogen-bond acceptors (Lipinski definition) is 2. The van der Waals surface area contributed by atoms with Crippen molar-refractivity contribution in [3.8, 4) is 0 Å². The van der Waals surface area contributed by atoms with Crippen molar-refractivity contribution in [3.63, 3.8) is 0 Å². The minimum Gasteiger partial charge on any atom is -0.451 e. The standard InChI is InChI=1S/C17H12BrF2NO2/c1-9-13-7-12(20)3-5-15(13)23-16(9)17(22)21-8-10-6-11(19)2-4-14(10)18/h2-7H,8H2,1H3,(H,21,22). The predicted octanol–water partition coefficient (Wildman–Crippen LogP) is 4.71. The van der Waals surface area contributed by atoms with Gasteiger partial charge in [0, 0.05) is 22.0 Å². The van der Waals surface area contributed by atoms with Crippen molar-refractivity contribution in [2.24, 2.45) is 0 Å². The van der Waals surface area contributed by atoms with Crippen molar-refractivity contribution in [2.45, 2.75) is 13.5 Å². The number of nitrogens with one attached hydrogen (secondary N) is 1. The third-order valence-corrected chi connectivity index (χ3v) is 4.33. The van der Waals surface area contributed by atoms with Gasteiger partial charge in [-0.3, -0.25) is 4.79 Å². The van der Waals surface area contributed by atoms with Gasteiger partial charge in [0.15, 0.2) is 5.76 Å². The second-order valence-electron chi connectivity index (χ2n) is 5.12. The largest absolute Gasteiger partial charge is 0.451 e. The van der Waals surface area contributed by atoms with Crippen LogP contribution in [0.25, 0.3) is 11.0 Å². The van der Waals surface area contributed by atoms with Gasteiger partial charge in [0.2, 0.25) is 0 Å². The van der Waals surface area contributed by atoms with E-state index >= 15 is 0 Å². The van der Waals surface area contributed by atoms with E-state index in [9.17, 15) is 13.6 Å². The molecule has 2 aromatic carbocycles. The number of benzene rings is 2. The van der Waals surface area contributed by atoms with E-state index in [1.54, 1.807) is 13.0 Å². The molecular formula is C17H12BrF2NO2. The van der Waals surface area contributed by atoms with Crippen molar-refractivity contribution in [2.75, 3.05) is 0 Å². The van der Waals surface area contributed by atoms with E-state index in [1.165, 1.54) is 30.3 Å². The van der Waals surface area contributed by atoms with E-state index in [0.717, 1.165) is 0 Å². The highest BCUT2D eigenvalue weighted by molar-refractivity contribution is 9.10. The average molecular weight is 380 g/mol. The minimum absolute atomic E-state index is 0.123. The number of fused-ring (bicyclic) bond motifs is 1. The molecule has 0 unspecified atom stereocenters. The van der Waals surface area contributed by atoms with Gasteiger partial charge in [0.05, 0.1) is 0 Å². The summed E-state index contributed by atoms with van der Waals surface area (Å²) in [5.41, 5.74) is 1.62. The summed E-state index contributed by atoms with van der Waals surface area (Å²) in [5, 5.41) is 3.23. The normalized spacial score (nSPS) is 11.0. The van der Waals surface area contributed by atoms with Gasteiger partial charge >= 0.3 is 0 Å². The Morgan fingerprint density at radius 3 is 2.65 bits per heavy atom. The molecule has 0 fully saturated rings. The van der Waals surface area contributed by atoms with Crippen LogP contribution in [-0.2, 0) is 6.54 Å². The van der Waals surface area contributed by atoms with Crippen molar-refractivity contribution in [3.05, 3.63) is 69.4 Å². The van der Waals surface area contributed by atoms with E-state index in [1.807, 2.05) is 0 Å². The molecule has 0 aliphatic heterocycles. The number of rotatable bonds is 3. The van der Waals surface area contributed by atoms with Gasteiger partial charge in [-0.25, -0.2) is 8.78 Å². The Morgan fingerprint density at radius 2 is 1.87 bits per heavy atom. The van der Waals surface area contributed by atoms with Crippen molar-refractivity contribution in [1.29, 1.82) is 0 Å². The van der Waals surface area contributed by atoms with Gasteiger partial charge in [-0.05, 0) is 48.9 Å². The van der Waals surface area contributed by atoms with Crippen molar-refractivity contribution < 1.29 is 18.0 Å². The maximum atomic E-state index is 13.3. The molecule has 0 spiro atoms. The molecule has 1 heterocycles. The maximum Gasteiger partial charge on any atom is 0.287 e. The van der Waals surface area contributed by atoms with Crippen LogP contribution in [0.15, 0.2) is 45.3 Å². The first-order valence-electron chi connectivity index (χ1n) is 6.86. The predicted molar refractivity (Wildman–Crippen MR) is 86.2 cm³/mol.